The highest BCUT2D eigenvalue weighted by atomic mass is 19.4. The van der Waals surface area contributed by atoms with Crippen molar-refractivity contribution in [3.8, 4) is 11.5 Å². The number of carboxylic acids is 1. The molecule has 0 bridgehead atoms. The normalized spacial score (nSPS) is 22.0. The molecule has 3 N–H and O–H groups in total. The number of hydrogen-bond acceptors (Lipinski definition) is 5. The molecule has 1 heterocycles. The number of likely N-dealkylation sites (tertiary alicyclic amines) is 1. The minimum Gasteiger partial charge on any atom is -0.493 e. The number of ether oxygens (including phenoxy) is 2. The topological polar surface area (TPSA) is 100 Å². The summed E-state index contributed by atoms with van der Waals surface area (Å²) in [5, 5.41) is 12.3. The second-order valence-corrected chi connectivity index (χ2v) is 10.9. The lowest BCUT2D eigenvalue weighted by atomic mass is 9.65. The van der Waals surface area contributed by atoms with E-state index in [1.165, 1.54) is 0 Å². The molecular weight excluding hydrogens is 603 g/mol. The summed E-state index contributed by atoms with van der Waals surface area (Å²) in [6.45, 7) is 5.20. The minimum absolute atomic E-state index is 0.133. The number of benzene rings is 2. The van der Waals surface area contributed by atoms with Crippen LogP contribution < -0.4 is 20.1 Å². The largest absolute Gasteiger partial charge is 0.493 e. The molecule has 0 radical (unpaired) electrons. The Hall–Kier alpha value is -3.75. The summed E-state index contributed by atoms with van der Waals surface area (Å²) < 4.78 is 95.9. The Balaban J connectivity index is 0.000000676. The first-order valence-electron chi connectivity index (χ1n) is 13.7. The second-order valence-electron chi connectivity index (χ2n) is 10.9. The van der Waals surface area contributed by atoms with Crippen molar-refractivity contribution in [2.45, 2.75) is 75.4 Å². The summed E-state index contributed by atoms with van der Waals surface area (Å²) in [6.07, 6.45) is -6.63. The van der Waals surface area contributed by atoms with E-state index in [1.807, 2.05) is 12.1 Å². The van der Waals surface area contributed by atoms with Gasteiger partial charge < -0.3 is 25.2 Å². The molecule has 2 aliphatic rings. The highest BCUT2D eigenvalue weighted by Gasteiger charge is 2.52. The van der Waals surface area contributed by atoms with Crippen LogP contribution in [0, 0.1) is 5.82 Å². The second kappa shape index (κ2) is 13.5. The maximum Gasteiger partial charge on any atom is 0.490 e. The number of methoxy groups -OCH3 is 2. The monoisotopic (exact) mass is 637 g/mol. The van der Waals surface area contributed by atoms with Crippen LogP contribution in [0.15, 0.2) is 36.4 Å². The molecule has 44 heavy (non-hydrogen) atoms. The van der Waals surface area contributed by atoms with Gasteiger partial charge in [0.1, 0.15) is 5.82 Å². The van der Waals surface area contributed by atoms with Gasteiger partial charge in [0, 0.05) is 23.5 Å². The molecule has 1 aliphatic carbocycles. The number of hydrogen-bond donors (Lipinski definition) is 3. The number of fused-ring (bicyclic) bond motifs is 1. The molecule has 3 unspecified atom stereocenters. The van der Waals surface area contributed by atoms with Crippen LogP contribution >= 0.6 is 0 Å². The fraction of sp³-hybridized carbons (Fsp3) is 0.517. The molecular formula is C29H34F7N3O5. The predicted octanol–water partition coefficient (Wildman–Crippen LogP) is 6.59. The number of halogens is 7. The van der Waals surface area contributed by atoms with Gasteiger partial charge in [-0.15, -0.1) is 0 Å². The average Bonchev–Trinajstić information content (AvgIpc) is 3.33. The summed E-state index contributed by atoms with van der Waals surface area (Å²) in [4.78, 5) is 24.0. The Morgan fingerprint density at radius 2 is 1.64 bits per heavy atom. The smallest absolute Gasteiger partial charge is 0.490 e. The fourth-order valence-electron chi connectivity index (χ4n) is 5.96. The number of amides is 2. The molecule has 0 aromatic heterocycles. The minimum atomic E-state index is -5.08. The highest BCUT2D eigenvalue weighted by molar-refractivity contribution is 5.89. The first-order chi connectivity index (χ1) is 20.4. The number of nitrogens with zero attached hydrogens (tertiary/aromatic N) is 1. The molecule has 2 aromatic carbocycles. The van der Waals surface area contributed by atoms with Gasteiger partial charge in [-0.05, 0) is 82.0 Å². The van der Waals surface area contributed by atoms with Crippen LogP contribution in [0.4, 0.5) is 41.2 Å². The molecule has 244 valence electrons. The Morgan fingerprint density at radius 3 is 2.18 bits per heavy atom. The van der Waals surface area contributed by atoms with Crippen LogP contribution in [0.2, 0.25) is 0 Å². The molecule has 1 saturated carbocycles. The Labute approximate surface area is 249 Å². The molecule has 3 atom stereocenters. The van der Waals surface area contributed by atoms with E-state index in [9.17, 15) is 35.5 Å². The van der Waals surface area contributed by atoms with Gasteiger partial charge in [0.05, 0.1) is 25.5 Å². The maximum atomic E-state index is 14.1. The maximum absolute atomic E-state index is 14.1. The number of urea groups is 1. The van der Waals surface area contributed by atoms with E-state index in [0.29, 0.717) is 48.6 Å². The van der Waals surface area contributed by atoms with Crippen molar-refractivity contribution in [1.29, 1.82) is 0 Å². The van der Waals surface area contributed by atoms with Crippen molar-refractivity contribution in [3.63, 3.8) is 0 Å². The lowest BCUT2D eigenvalue weighted by Gasteiger charge is -2.46. The van der Waals surface area contributed by atoms with Gasteiger partial charge in [-0.2, -0.15) is 26.3 Å². The Kier molecular flexibility index (Phi) is 10.6. The van der Waals surface area contributed by atoms with Gasteiger partial charge >= 0.3 is 24.4 Å². The van der Waals surface area contributed by atoms with E-state index in [2.05, 4.69) is 35.4 Å². The van der Waals surface area contributed by atoms with E-state index in [1.54, 1.807) is 14.2 Å². The molecule has 1 saturated heterocycles. The summed E-state index contributed by atoms with van der Waals surface area (Å²) in [7, 11) is 3.21. The molecule has 0 spiro atoms. The van der Waals surface area contributed by atoms with Crippen LogP contribution in [0.5, 0.6) is 11.5 Å². The quantitative estimate of drug-likeness (QED) is 0.309. The molecule has 2 aromatic rings. The number of rotatable bonds is 6. The third-order valence-corrected chi connectivity index (χ3v) is 8.04. The zero-order valence-corrected chi connectivity index (χ0v) is 24.4. The van der Waals surface area contributed by atoms with Crippen LogP contribution in [0.3, 0.4) is 0 Å². The molecule has 8 nitrogen and oxygen atoms in total. The van der Waals surface area contributed by atoms with E-state index >= 15 is 0 Å². The third kappa shape index (κ3) is 7.85. The predicted molar refractivity (Wildman–Crippen MR) is 146 cm³/mol. The third-order valence-electron chi connectivity index (χ3n) is 8.04. The van der Waals surface area contributed by atoms with E-state index in [-0.39, 0.29) is 17.5 Å². The standard InChI is InChI=1S/C27H33F4N3O3.C2HF3O2/c1-16(2)34-12-11-26(17-6-8-22(36-3)23(14-17)37-4)10-9-19(15-24(26)34)32-25(35)33-21-13-18(27(29,30)31)5-7-20(21)28;3-2(4,5)1(6)7/h5-8,13-14,16,19,24H,9-12,15H2,1-4H3,(H2,32,33,35);(H,6,7). The van der Waals surface area contributed by atoms with Crippen molar-refractivity contribution < 1.29 is 54.9 Å². The number of carbonyl (C=O) groups is 2. The molecule has 2 amide bonds. The number of alkyl halides is 6. The Morgan fingerprint density at radius 1 is 1.00 bits per heavy atom. The molecule has 4 rings (SSSR count). The number of aliphatic carboxylic acids is 1. The van der Waals surface area contributed by atoms with E-state index in [0.717, 1.165) is 24.9 Å². The van der Waals surface area contributed by atoms with Crippen molar-refractivity contribution in [1.82, 2.24) is 10.2 Å². The lowest BCUT2D eigenvalue weighted by molar-refractivity contribution is -0.192. The van der Waals surface area contributed by atoms with E-state index < -0.39 is 41.4 Å². The first-order valence-corrected chi connectivity index (χ1v) is 13.7. The van der Waals surface area contributed by atoms with Gasteiger partial charge in [-0.1, -0.05) is 6.07 Å². The Bertz CT molecular complexity index is 1340. The van der Waals surface area contributed by atoms with Gasteiger partial charge in [0.25, 0.3) is 0 Å². The lowest BCUT2D eigenvalue weighted by Crippen LogP contribution is -2.54. The summed E-state index contributed by atoms with van der Waals surface area (Å²) in [6, 6.07) is 7.47. The van der Waals surface area contributed by atoms with Crippen LogP contribution in [0.1, 0.15) is 50.7 Å². The summed E-state index contributed by atoms with van der Waals surface area (Å²) in [5.41, 5.74) is -0.508. The van der Waals surface area contributed by atoms with Crippen molar-refractivity contribution in [3.05, 3.63) is 53.3 Å². The zero-order chi connectivity index (χ0) is 33.0. The number of anilines is 1. The van der Waals surface area contributed by atoms with Crippen LogP contribution in [-0.2, 0) is 16.4 Å². The van der Waals surface area contributed by atoms with Crippen molar-refractivity contribution in [2.24, 2.45) is 0 Å². The summed E-state index contributed by atoms with van der Waals surface area (Å²) >= 11 is 0. The molecule has 15 heteroatoms. The van der Waals surface area contributed by atoms with Crippen molar-refractivity contribution >= 4 is 17.7 Å². The molecule has 1 aliphatic heterocycles. The van der Waals surface area contributed by atoms with Gasteiger partial charge in [0.2, 0.25) is 0 Å². The van der Waals surface area contributed by atoms with Gasteiger partial charge in [-0.25, -0.2) is 14.0 Å². The SMILES string of the molecule is COc1ccc(C23CCC(NC(=O)Nc4cc(C(F)(F)F)ccc4F)CC2N(C(C)C)CC3)cc1OC.O=C(O)C(F)(F)F. The highest BCUT2D eigenvalue weighted by Crippen LogP contribution is 2.51. The zero-order valence-electron chi connectivity index (χ0n) is 24.4. The average molecular weight is 638 g/mol. The van der Waals surface area contributed by atoms with E-state index in [4.69, 9.17) is 19.4 Å². The number of nitrogens with one attached hydrogen (secondary N) is 2. The number of carbonyl (C=O) groups excluding carboxylic acids is 1. The van der Waals surface area contributed by atoms with Gasteiger partial charge in [0.15, 0.2) is 11.5 Å². The first kappa shape index (κ1) is 34.7. The van der Waals surface area contributed by atoms with Crippen LogP contribution in [-0.4, -0.2) is 67.1 Å². The number of carboxylic acid groups (broad SMARTS) is 1. The molecule has 2 fully saturated rings. The van der Waals surface area contributed by atoms with Crippen molar-refractivity contribution in [2.75, 3.05) is 26.1 Å². The fourth-order valence-corrected chi connectivity index (χ4v) is 5.96. The van der Waals surface area contributed by atoms with Crippen LogP contribution in [0.25, 0.3) is 0 Å². The van der Waals surface area contributed by atoms with Gasteiger partial charge in [-0.3, -0.25) is 4.90 Å². The summed E-state index contributed by atoms with van der Waals surface area (Å²) in [5.74, 6) is -2.36.